The first-order valence-electron chi connectivity index (χ1n) is 9.07. The van der Waals surface area contributed by atoms with Gasteiger partial charge in [-0.05, 0) is 29.4 Å². The van der Waals surface area contributed by atoms with Gasteiger partial charge in [0.2, 0.25) is 5.91 Å². The summed E-state index contributed by atoms with van der Waals surface area (Å²) in [6, 6.07) is 11.0. The van der Waals surface area contributed by atoms with E-state index in [2.05, 4.69) is 46.9 Å². The van der Waals surface area contributed by atoms with Crippen LogP contribution in [0.25, 0.3) is 10.8 Å². The zero-order chi connectivity index (χ0) is 18.8. The molecule has 0 radical (unpaired) electrons. The molecule has 1 atom stereocenters. The third-order valence-corrected chi connectivity index (χ3v) is 5.23. The van der Waals surface area contributed by atoms with Crippen LogP contribution in [0.4, 0.5) is 5.69 Å². The van der Waals surface area contributed by atoms with Crippen LogP contribution in [0.1, 0.15) is 54.4 Å². The first-order chi connectivity index (χ1) is 11.5. The SMILES string of the molecule is CCC(C)(C)CC(C(=O)Nc1cccc2c(O)cccc12)C(C)(C)C. The lowest BCUT2D eigenvalue weighted by atomic mass is 9.70. The third kappa shape index (κ3) is 4.53. The van der Waals surface area contributed by atoms with Gasteiger partial charge in [-0.3, -0.25) is 4.79 Å². The van der Waals surface area contributed by atoms with Crippen molar-refractivity contribution in [2.24, 2.45) is 16.7 Å². The van der Waals surface area contributed by atoms with Crippen LogP contribution in [0.5, 0.6) is 5.75 Å². The average Bonchev–Trinajstić information content (AvgIpc) is 2.52. The Kier molecular flexibility index (Phi) is 5.46. The van der Waals surface area contributed by atoms with Gasteiger partial charge >= 0.3 is 0 Å². The van der Waals surface area contributed by atoms with E-state index in [1.165, 1.54) is 0 Å². The third-order valence-electron chi connectivity index (χ3n) is 5.23. The summed E-state index contributed by atoms with van der Waals surface area (Å²) in [6.07, 6.45) is 1.88. The second-order valence-electron chi connectivity index (χ2n) is 8.81. The number of hydrogen-bond acceptors (Lipinski definition) is 2. The number of carbonyl (C=O) groups excluding carboxylic acids is 1. The lowest BCUT2D eigenvalue weighted by molar-refractivity contribution is -0.124. The minimum Gasteiger partial charge on any atom is -0.507 e. The molecule has 3 nitrogen and oxygen atoms in total. The van der Waals surface area contributed by atoms with Gasteiger partial charge in [-0.2, -0.15) is 0 Å². The molecule has 2 N–H and O–H groups in total. The van der Waals surface area contributed by atoms with E-state index in [9.17, 15) is 9.90 Å². The molecule has 1 unspecified atom stereocenters. The van der Waals surface area contributed by atoms with Crippen LogP contribution in [0, 0.1) is 16.7 Å². The molecular formula is C22H31NO2. The molecule has 2 aromatic rings. The highest BCUT2D eigenvalue weighted by molar-refractivity contribution is 6.04. The largest absolute Gasteiger partial charge is 0.507 e. The highest BCUT2D eigenvalue weighted by atomic mass is 16.3. The summed E-state index contributed by atoms with van der Waals surface area (Å²) in [7, 11) is 0. The fraction of sp³-hybridized carbons (Fsp3) is 0.500. The summed E-state index contributed by atoms with van der Waals surface area (Å²) in [5.41, 5.74) is 0.747. The molecule has 0 spiro atoms. The number of nitrogens with one attached hydrogen (secondary N) is 1. The Labute approximate surface area is 151 Å². The number of amides is 1. The highest BCUT2D eigenvalue weighted by Crippen LogP contribution is 2.39. The first-order valence-corrected chi connectivity index (χ1v) is 9.07. The zero-order valence-corrected chi connectivity index (χ0v) is 16.3. The molecule has 1 amide bonds. The molecule has 0 aromatic heterocycles. The molecule has 0 fully saturated rings. The number of carbonyl (C=O) groups is 1. The molecule has 2 rings (SSSR count). The topological polar surface area (TPSA) is 49.3 Å². The van der Waals surface area contributed by atoms with E-state index in [1.807, 2.05) is 24.3 Å². The Bertz CT molecular complexity index is 756. The summed E-state index contributed by atoms with van der Waals surface area (Å²) < 4.78 is 0. The fourth-order valence-electron chi connectivity index (χ4n) is 3.11. The minimum absolute atomic E-state index is 0.0462. The molecule has 0 heterocycles. The van der Waals surface area contributed by atoms with Crippen molar-refractivity contribution >= 4 is 22.4 Å². The minimum atomic E-state index is -0.122. The van der Waals surface area contributed by atoms with Crippen LogP contribution < -0.4 is 5.32 Å². The maximum Gasteiger partial charge on any atom is 0.228 e. The molecule has 0 bridgehead atoms. The molecule has 0 saturated carbocycles. The monoisotopic (exact) mass is 341 g/mol. The molecule has 2 aromatic carbocycles. The zero-order valence-electron chi connectivity index (χ0n) is 16.3. The van der Waals surface area contributed by atoms with Crippen molar-refractivity contribution < 1.29 is 9.90 Å². The second-order valence-corrected chi connectivity index (χ2v) is 8.81. The number of benzene rings is 2. The van der Waals surface area contributed by atoms with Gasteiger partial charge in [-0.1, -0.05) is 72.2 Å². The number of aromatic hydroxyl groups is 1. The molecule has 3 heteroatoms. The number of hydrogen-bond donors (Lipinski definition) is 2. The van der Waals surface area contributed by atoms with E-state index >= 15 is 0 Å². The summed E-state index contributed by atoms with van der Waals surface area (Å²) in [4.78, 5) is 13.1. The number of rotatable bonds is 5. The standard InChI is InChI=1S/C22H31NO2/c1-7-22(5,6)14-17(21(2,3)4)20(25)23-18-12-8-11-16-15(18)10-9-13-19(16)24/h8-13,17,24H,7,14H2,1-6H3,(H,23,25). The van der Waals surface area contributed by atoms with Crippen molar-refractivity contribution in [1.82, 2.24) is 0 Å². The predicted molar refractivity (Wildman–Crippen MR) is 106 cm³/mol. The Morgan fingerprint density at radius 2 is 1.64 bits per heavy atom. The van der Waals surface area contributed by atoms with Crippen molar-refractivity contribution in [3.05, 3.63) is 36.4 Å². The van der Waals surface area contributed by atoms with E-state index in [0.29, 0.717) is 0 Å². The molecule has 0 aliphatic rings. The van der Waals surface area contributed by atoms with Crippen molar-refractivity contribution in [3.63, 3.8) is 0 Å². The van der Waals surface area contributed by atoms with E-state index in [0.717, 1.165) is 29.3 Å². The van der Waals surface area contributed by atoms with Crippen molar-refractivity contribution in [1.29, 1.82) is 0 Å². The van der Waals surface area contributed by atoms with Gasteiger partial charge in [0, 0.05) is 22.4 Å². The van der Waals surface area contributed by atoms with Crippen LogP contribution in [0.2, 0.25) is 0 Å². The van der Waals surface area contributed by atoms with Gasteiger partial charge < -0.3 is 10.4 Å². The average molecular weight is 341 g/mol. The maximum absolute atomic E-state index is 13.1. The Balaban J connectivity index is 2.34. The van der Waals surface area contributed by atoms with E-state index in [-0.39, 0.29) is 28.4 Å². The van der Waals surface area contributed by atoms with Gasteiger partial charge in [0.05, 0.1) is 0 Å². The highest BCUT2D eigenvalue weighted by Gasteiger charge is 2.35. The number of phenols is 1. The molecule has 136 valence electrons. The quantitative estimate of drug-likeness (QED) is 0.703. The normalized spacial score (nSPS) is 13.7. The molecule has 25 heavy (non-hydrogen) atoms. The second kappa shape index (κ2) is 7.07. The van der Waals surface area contributed by atoms with Gasteiger partial charge in [0.1, 0.15) is 5.75 Å². The molecule has 0 saturated heterocycles. The van der Waals surface area contributed by atoms with E-state index in [4.69, 9.17) is 0 Å². The van der Waals surface area contributed by atoms with Crippen LogP contribution in [-0.4, -0.2) is 11.0 Å². The molecular weight excluding hydrogens is 310 g/mol. The maximum atomic E-state index is 13.1. The van der Waals surface area contributed by atoms with Crippen LogP contribution in [-0.2, 0) is 4.79 Å². The van der Waals surface area contributed by atoms with Crippen LogP contribution in [0.3, 0.4) is 0 Å². The fourth-order valence-corrected chi connectivity index (χ4v) is 3.11. The summed E-state index contributed by atoms with van der Waals surface area (Å²) >= 11 is 0. The van der Waals surface area contributed by atoms with E-state index in [1.54, 1.807) is 12.1 Å². The van der Waals surface area contributed by atoms with E-state index < -0.39 is 0 Å². The van der Waals surface area contributed by atoms with Crippen molar-refractivity contribution in [3.8, 4) is 5.75 Å². The van der Waals surface area contributed by atoms with Gasteiger partial charge in [0.25, 0.3) is 0 Å². The Morgan fingerprint density at radius 3 is 2.24 bits per heavy atom. The molecule has 0 aliphatic heterocycles. The summed E-state index contributed by atoms with van der Waals surface area (Å²) in [6.45, 7) is 13.0. The molecule has 0 aliphatic carbocycles. The predicted octanol–water partition coefficient (Wildman–Crippen LogP) is 5.97. The number of anilines is 1. The summed E-state index contributed by atoms with van der Waals surface area (Å²) in [5, 5.41) is 14.8. The number of phenolic OH excluding ortho intramolecular Hbond substituents is 1. The Hall–Kier alpha value is -2.03. The van der Waals surface area contributed by atoms with Crippen molar-refractivity contribution in [2.75, 3.05) is 5.32 Å². The smallest absolute Gasteiger partial charge is 0.228 e. The Morgan fingerprint density at radius 1 is 1.04 bits per heavy atom. The van der Waals surface area contributed by atoms with Crippen molar-refractivity contribution in [2.45, 2.75) is 54.4 Å². The van der Waals surface area contributed by atoms with Gasteiger partial charge in [0.15, 0.2) is 0 Å². The first kappa shape index (κ1) is 19.3. The lowest BCUT2D eigenvalue weighted by Crippen LogP contribution is -2.36. The van der Waals surface area contributed by atoms with Gasteiger partial charge in [-0.25, -0.2) is 0 Å². The van der Waals surface area contributed by atoms with Crippen LogP contribution in [0.15, 0.2) is 36.4 Å². The number of fused-ring (bicyclic) bond motifs is 1. The summed E-state index contributed by atoms with van der Waals surface area (Å²) in [5.74, 6) is 0.188. The lowest BCUT2D eigenvalue weighted by Gasteiger charge is -2.36. The van der Waals surface area contributed by atoms with Crippen LogP contribution >= 0.6 is 0 Å². The van der Waals surface area contributed by atoms with Gasteiger partial charge in [-0.15, -0.1) is 0 Å².